The largest absolute Gasteiger partial charge is 0.480 e. The normalized spacial score (nSPS) is 9.62. The van der Waals surface area contributed by atoms with Crippen LogP contribution >= 0.6 is 0 Å². The Morgan fingerprint density at radius 3 is 2.57 bits per heavy atom. The minimum atomic E-state index is -1.12. The van der Waals surface area contributed by atoms with Gasteiger partial charge in [0.05, 0.1) is 5.69 Å². The first-order valence-electron chi connectivity index (χ1n) is 6.10. The first kappa shape index (κ1) is 16.3. The van der Waals surface area contributed by atoms with Crippen molar-refractivity contribution in [1.82, 2.24) is 10.2 Å². The number of rotatable bonds is 6. The Kier molecular flexibility index (Phi) is 5.99. The molecule has 3 N–H and O–H groups in total. The van der Waals surface area contributed by atoms with Crippen LogP contribution in [0.5, 0.6) is 5.75 Å². The number of anilines is 1. The molecule has 1 aromatic rings. The minimum absolute atomic E-state index is 0.0967. The van der Waals surface area contributed by atoms with Gasteiger partial charge in [0.25, 0.3) is 0 Å². The molecule has 0 aliphatic heterocycles. The summed E-state index contributed by atoms with van der Waals surface area (Å²) in [6.45, 7) is -0.610. The molecular formula is C13H17N3O5. The van der Waals surface area contributed by atoms with Crippen LogP contribution < -0.4 is 15.4 Å². The number of carboxylic acids is 1. The molecule has 8 heteroatoms. The number of aliphatic carboxylic acids is 1. The summed E-state index contributed by atoms with van der Waals surface area (Å²) < 4.78 is 5.07. The number of ether oxygens (including phenoxy) is 1. The number of nitrogens with zero attached hydrogens (tertiary/aromatic N) is 1. The number of hydrogen-bond donors (Lipinski definition) is 3. The number of para-hydroxylation sites is 2. The summed E-state index contributed by atoms with van der Waals surface area (Å²) in [5.74, 6) is -1.18. The van der Waals surface area contributed by atoms with Crippen LogP contribution in [0.25, 0.3) is 0 Å². The second-order valence-electron chi connectivity index (χ2n) is 4.14. The molecule has 0 aliphatic rings. The number of likely N-dealkylation sites (N-methyl/N-ethyl adjacent to an activating group) is 2. The molecule has 114 valence electrons. The van der Waals surface area contributed by atoms with Gasteiger partial charge in [-0.05, 0) is 12.1 Å². The van der Waals surface area contributed by atoms with Crippen LogP contribution in [-0.4, -0.2) is 55.2 Å². The maximum atomic E-state index is 11.9. The fourth-order valence-corrected chi connectivity index (χ4v) is 1.41. The fourth-order valence-electron chi connectivity index (χ4n) is 1.41. The molecule has 0 spiro atoms. The summed E-state index contributed by atoms with van der Waals surface area (Å²) >= 11 is 0. The van der Waals surface area contributed by atoms with Gasteiger partial charge >= 0.3 is 12.0 Å². The van der Waals surface area contributed by atoms with Gasteiger partial charge in [0, 0.05) is 14.1 Å². The lowest BCUT2D eigenvalue weighted by Gasteiger charge is -2.18. The lowest BCUT2D eigenvalue weighted by atomic mass is 10.3. The zero-order chi connectivity index (χ0) is 15.8. The maximum absolute atomic E-state index is 11.9. The van der Waals surface area contributed by atoms with Crippen LogP contribution in [0, 0.1) is 0 Å². The summed E-state index contributed by atoms with van der Waals surface area (Å²) in [6, 6.07) is 5.92. The van der Waals surface area contributed by atoms with E-state index in [1.165, 1.54) is 25.1 Å². The molecule has 8 nitrogen and oxygen atoms in total. The van der Waals surface area contributed by atoms with Gasteiger partial charge in [-0.3, -0.25) is 4.79 Å². The van der Waals surface area contributed by atoms with Crippen molar-refractivity contribution in [2.24, 2.45) is 0 Å². The second-order valence-corrected chi connectivity index (χ2v) is 4.14. The molecule has 0 saturated heterocycles. The van der Waals surface area contributed by atoms with E-state index in [0.29, 0.717) is 5.69 Å². The van der Waals surface area contributed by atoms with Crippen molar-refractivity contribution in [2.75, 3.05) is 32.6 Å². The predicted octanol–water partition coefficient (Wildman–Crippen LogP) is 0.360. The third kappa shape index (κ3) is 5.39. The summed E-state index contributed by atoms with van der Waals surface area (Å²) in [6.07, 6.45) is 0. The third-order valence-electron chi connectivity index (χ3n) is 2.49. The van der Waals surface area contributed by atoms with E-state index in [1.54, 1.807) is 18.2 Å². The molecule has 0 unspecified atom stereocenters. The number of urea groups is 1. The molecule has 0 saturated carbocycles. The third-order valence-corrected chi connectivity index (χ3v) is 2.49. The second kappa shape index (κ2) is 7.73. The van der Waals surface area contributed by atoms with E-state index in [-0.39, 0.29) is 18.2 Å². The van der Waals surface area contributed by atoms with Crippen LogP contribution in [0.4, 0.5) is 10.5 Å². The molecular weight excluding hydrogens is 278 g/mol. The van der Waals surface area contributed by atoms with E-state index in [1.807, 2.05) is 0 Å². The van der Waals surface area contributed by atoms with Crippen molar-refractivity contribution in [3.8, 4) is 5.75 Å². The van der Waals surface area contributed by atoms with E-state index in [9.17, 15) is 14.4 Å². The molecule has 1 aromatic carbocycles. The van der Waals surface area contributed by atoms with E-state index in [4.69, 9.17) is 9.84 Å². The Balaban J connectivity index is 2.71. The van der Waals surface area contributed by atoms with E-state index < -0.39 is 18.6 Å². The first-order valence-corrected chi connectivity index (χ1v) is 6.10. The molecule has 0 atom stereocenters. The lowest BCUT2D eigenvalue weighted by Crippen LogP contribution is -2.39. The summed E-state index contributed by atoms with van der Waals surface area (Å²) in [4.78, 5) is 34.8. The maximum Gasteiger partial charge on any atom is 0.341 e. The number of carboxylic acid groups (broad SMARTS) is 1. The molecule has 0 radical (unpaired) electrons. The van der Waals surface area contributed by atoms with Crippen molar-refractivity contribution in [1.29, 1.82) is 0 Å². The zero-order valence-corrected chi connectivity index (χ0v) is 11.8. The first-order chi connectivity index (χ1) is 9.93. The number of hydrogen-bond acceptors (Lipinski definition) is 4. The van der Waals surface area contributed by atoms with Crippen LogP contribution in [0.1, 0.15) is 0 Å². The molecule has 0 heterocycles. The Bertz CT molecular complexity index is 532. The molecule has 21 heavy (non-hydrogen) atoms. The Labute approximate surface area is 121 Å². The van der Waals surface area contributed by atoms with E-state index in [0.717, 1.165) is 0 Å². The van der Waals surface area contributed by atoms with Gasteiger partial charge in [0.15, 0.2) is 6.61 Å². The van der Waals surface area contributed by atoms with Crippen molar-refractivity contribution < 1.29 is 24.2 Å². The number of carbonyl (C=O) groups is 3. The molecule has 0 aromatic heterocycles. The minimum Gasteiger partial charge on any atom is -0.480 e. The topological polar surface area (TPSA) is 108 Å². The summed E-state index contributed by atoms with van der Waals surface area (Å²) in [7, 11) is 2.94. The smallest absolute Gasteiger partial charge is 0.341 e. The van der Waals surface area contributed by atoms with Crippen molar-refractivity contribution in [3.05, 3.63) is 24.3 Å². The molecule has 3 amide bonds. The highest BCUT2D eigenvalue weighted by atomic mass is 16.5. The van der Waals surface area contributed by atoms with Gasteiger partial charge in [-0.25, -0.2) is 9.59 Å². The fraction of sp³-hybridized carbons (Fsp3) is 0.308. The molecule has 0 aliphatic carbocycles. The van der Waals surface area contributed by atoms with Crippen molar-refractivity contribution in [3.63, 3.8) is 0 Å². The van der Waals surface area contributed by atoms with Crippen LogP contribution in [-0.2, 0) is 9.59 Å². The Morgan fingerprint density at radius 1 is 1.29 bits per heavy atom. The van der Waals surface area contributed by atoms with Crippen LogP contribution in [0.15, 0.2) is 24.3 Å². The van der Waals surface area contributed by atoms with Gasteiger partial charge in [-0.15, -0.1) is 0 Å². The standard InChI is InChI=1S/C13H17N3O5/c1-14-11(17)7-16(2)13(20)15-9-5-3-4-6-10(9)21-8-12(18)19/h3-6H,7-8H2,1-2H3,(H,14,17)(H,15,20)(H,18,19). The average molecular weight is 295 g/mol. The summed E-state index contributed by atoms with van der Waals surface area (Å²) in [5.41, 5.74) is 0.326. The monoisotopic (exact) mass is 295 g/mol. The van der Waals surface area contributed by atoms with Gasteiger partial charge in [0.1, 0.15) is 12.3 Å². The van der Waals surface area contributed by atoms with Gasteiger partial charge < -0.3 is 25.4 Å². The Morgan fingerprint density at radius 2 is 1.95 bits per heavy atom. The summed E-state index contributed by atoms with van der Waals surface area (Å²) in [5, 5.41) is 13.6. The molecule has 0 bridgehead atoms. The van der Waals surface area contributed by atoms with Crippen LogP contribution in [0.2, 0.25) is 0 Å². The quantitative estimate of drug-likeness (QED) is 0.702. The highest BCUT2D eigenvalue weighted by Gasteiger charge is 2.14. The Hall–Kier alpha value is -2.77. The number of amides is 3. The predicted molar refractivity (Wildman–Crippen MR) is 75.3 cm³/mol. The van der Waals surface area contributed by atoms with Gasteiger partial charge in [0.2, 0.25) is 5.91 Å². The van der Waals surface area contributed by atoms with E-state index in [2.05, 4.69) is 10.6 Å². The molecule has 1 rings (SSSR count). The number of carbonyl (C=O) groups excluding carboxylic acids is 2. The van der Waals surface area contributed by atoms with Gasteiger partial charge in [-0.1, -0.05) is 12.1 Å². The average Bonchev–Trinajstić information content (AvgIpc) is 2.45. The highest BCUT2D eigenvalue weighted by molar-refractivity contribution is 5.93. The highest BCUT2D eigenvalue weighted by Crippen LogP contribution is 2.23. The number of benzene rings is 1. The van der Waals surface area contributed by atoms with Crippen molar-refractivity contribution in [2.45, 2.75) is 0 Å². The van der Waals surface area contributed by atoms with Gasteiger partial charge in [-0.2, -0.15) is 0 Å². The molecule has 0 fully saturated rings. The SMILES string of the molecule is CNC(=O)CN(C)C(=O)Nc1ccccc1OCC(=O)O. The van der Waals surface area contributed by atoms with E-state index >= 15 is 0 Å². The zero-order valence-electron chi connectivity index (χ0n) is 11.8. The lowest BCUT2D eigenvalue weighted by molar-refractivity contribution is -0.139. The number of nitrogens with one attached hydrogen (secondary N) is 2. The van der Waals surface area contributed by atoms with Crippen LogP contribution in [0.3, 0.4) is 0 Å². The van der Waals surface area contributed by atoms with Crippen molar-refractivity contribution >= 4 is 23.6 Å².